The number of hydrogen-bond acceptors (Lipinski definition) is 6. The summed E-state index contributed by atoms with van der Waals surface area (Å²) in [5.41, 5.74) is 3.07. The molecule has 0 spiro atoms. The maximum Gasteiger partial charge on any atom is 0.309 e. The number of hydrogen-bond donors (Lipinski definition) is 1. The topological polar surface area (TPSA) is 99.1 Å². The van der Waals surface area contributed by atoms with Gasteiger partial charge in [0.25, 0.3) is 0 Å². The summed E-state index contributed by atoms with van der Waals surface area (Å²) in [5, 5.41) is 9.28. The molecule has 200 valence electrons. The maximum atomic E-state index is 12.2. The Kier molecular flexibility index (Phi) is 12.1. The van der Waals surface area contributed by atoms with Crippen LogP contribution in [0.5, 0.6) is 17.2 Å². The van der Waals surface area contributed by atoms with Crippen LogP contribution in [-0.2, 0) is 34.2 Å². The molecule has 36 heavy (non-hydrogen) atoms. The van der Waals surface area contributed by atoms with E-state index in [1.807, 2.05) is 37.3 Å². The van der Waals surface area contributed by atoms with Gasteiger partial charge in [0.05, 0.1) is 25.4 Å². The van der Waals surface area contributed by atoms with E-state index in [2.05, 4.69) is 6.92 Å². The summed E-state index contributed by atoms with van der Waals surface area (Å²) >= 11 is 0. The van der Waals surface area contributed by atoms with Crippen molar-refractivity contribution in [3.05, 3.63) is 53.1 Å². The molecular formula is C28H40O7S. The van der Waals surface area contributed by atoms with Gasteiger partial charge in [-0.05, 0) is 73.4 Å². The number of methoxy groups -OCH3 is 1. The van der Waals surface area contributed by atoms with Gasteiger partial charge in [0, 0.05) is 0 Å². The summed E-state index contributed by atoms with van der Waals surface area (Å²) in [4.78, 5) is 11.3. The number of unbranched alkanes of at least 4 members (excludes halogenated alkanes) is 2. The molecule has 8 heteroatoms. The van der Waals surface area contributed by atoms with Gasteiger partial charge in [0.2, 0.25) is 0 Å². The quantitative estimate of drug-likeness (QED) is 0.207. The molecule has 0 aliphatic heterocycles. The van der Waals surface area contributed by atoms with Gasteiger partial charge >= 0.3 is 16.1 Å². The van der Waals surface area contributed by atoms with E-state index in [0.717, 1.165) is 61.0 Å². The van der Waals surface area contributed by atoms with Gasteiger partial charge in [-0.25, -0.2) is 0 Å². The molecule has 0 aliphatic carbocycles. The van der Waals surface area contributed by atoms with E-state index in [1.54, 1.807) is 13.0 Å². The fourth-order valence-electron chi connectivity index (χ4n) is 3.73. The van der Waals surface area contributed by atoms with Crippen molar-refractivity contribution in [1.29, 1.82) is 0 Å². The van der Waals surface area contributed by atoms with E-state index in [9.17, 15) is 18.3 Å². The van der Waals surface area contributed by atoms with Crippen LogP contribution in [0.2, 0.25) is 0 Å². The minimum absolute atomic E-state index is 0.0213. The van der Waals surface area contributed by atoms with Crippen LogP contribution in [0.15, 0.2) is 36.4 Å². The predicted octanol–water partition coefficient (Wildman–Crippen LogP) is 5.82. The Labute approximate surface area is 215 Å². The number of rotatable bonds is 17. The lowest BCUT2D eigenvalue weighted by Gasteiger charge is -2.15. The van der Waals surface area contributed by atoms with Gasteiger partial charge in [-0.3, -0.25) is 4.79 Å². The van der Waals surface area contributed by atoms with E-state index < -0.39 is 22.0 Å². The molecule has 2 rings (SSSR count). The Hall–Kier alpha value is -2.74. The molecule has 2 aromatic rings. The van der Waals surface area contributed by atoms with Crippen molar-refractivity contribution in [1.82, 2.24) is 0 Å². The first-order valence-electron chi connectivity index (χ1n) is 12.8. The van der Waals surface area contributed by atoms with Gasteiger partial charge in [-0.1, -0.05) is 51.8 Å². The molecule has 0 saturated heterocycles. The molecular weight excluding hydrogens is 480 g/mol. The van der Waals surface area contributed by atoms with Crippen molar-refractivity contribution >= 4 is 16.1 Å². The zero-order chi connectivity index (χ0) is 26.6. The molecule has 0 saturated carbocycles. The first kappa shape index (κ1) is 29.5. The summed E-state index contributed by atoms with van der Waals surface area (Å²) in [6.07, 6.45) is 6.20. The molecule has 0 aliphatic rings. The molecule has 0 heterocycles. The number of benzene rings is 2. The summed E-state index contributed by atoms with van der Waals surface area (Å²) in [5.74, 6) is 0.0546. The van der Waals surface area contributed by atoms with Crippen LogP contribution in [0.4, 0.5) is 0 Å². The van der Waals surface area contributed by atoms with Crippen LogP contribution in [-0.4, -0.2) is 39.0 Å². The smallest absolute Gasteiger partial charge is 0.309 e. The molecule has 7 nitrogen and oxygen atoms in total. The second kappa shape index (κ2) is 14.7. The van der Waals surface area contributed by atoms with Crippen molar-refractivity contribution in [2.45, 2.75) is 72.1 Å². The van der Waals surface area contributed by atoms with E-state index in [0.29, 0.717) is 25.2 Å². The zero-order valence-corrected chi connectivity index (χ0v) is 22.7. The normalized spacial score (nSPS) is 12.2. The third kappa shape index (κ3) is 9.72. The molecule has 1 unspecified atom stereocenters. The van der Waals surface area contributed by atoms with Crippen molar-refractivity contribution in [2.24, 2.45) is 5.92 Å². The Balaban J connectivity index is 2.05. The average molecular weight is 521 g/mol. The first-order valence-corrected chi connectivity index (χ1v) is 14.3. The summed E-state index contributed by atoms with van der Waals surface area (Å²) in [7, 11) is -2.15. The first-order chi connectivity index (χ1) is 17.2. The zero-order valence-electron chi connectivity index (χ0n) is 21.9. The van der Waals surface area contributed by atoms with E-state index in [4.69, 9.17) is 13.7 Å². The van der Waals surface area contributed by atoms with Crippen molar-refractivity contribution in [3.63, 3.8) is 0 Å². The average Bonchev–Trinajstić information content (AvgIpc) is 2.84. The van der Waals surface area contributed by atoms with E-state index in [1.165, 1.54) is 7.11 Å². The highest BCUT2D eigenvalue weighted by molar-refractivity contribution is 7.87. The number of carboxylic acids is 1. The lowest BCUT2D eigenvalue weighted by atomic mass is 9.97. The third-order valence-corrected chi connectivity index (χ3v) is 7.18. The molecule has 0 aromatic heterocycles. The third-order valence-electron chi connectivity index (χ3n) is 5.96. The highest BCUT2D eigenvalue weighted by Gasteiger charge is 2.17. The largest absolute Gasteiger partial charge is 0.493 e. The monoisotopic (exact) mass is 520 g/mol. The Morgan fingerprint density at radius 1 is 0.917 bits per heavy atom. The molecule has 0 fully saturated rings. The number of aliphatic carboxylic acids is 1. The fourth-order valence-corrected chi connectivity index (χ4v) is 4.87. The molecule has 2 aromatic carbocycles. The number of aryl methyl sites for hydroxylation is 2. The van der Waals surface area contributed by atoms with Crippen LogP contribution >= 0.6 is 0 Å². The predicted molar refractivity (Wildman–Crippen MR) is 142 cm³/mol. The van der Waals surface area contributed by atoms with Crippen LogP contribution in [0, 0.1) is 5.92 Å². The standard InChI is InChI=1S/C28H40O7S/c1-5-7-16-34-26-19-22(12-14-24(26)18-21(3)28(29)30)10-9-11-23-13-15-25(27(20-23)33-4)35-36(31,32)17-8-6-2/h12-15,19-21H,5-11,16-18H2,1-4H3,(H,29,30). The van der Waals surface area contributed by atoms with Gasteiger partial charge in [-0.2, -0.15) is 8.42 Å². The second-order valence-electron chi connectivity index (χ2n) is 9.12. The SMILES string of the molecule is CCCCOc1cc(CCCc2ccc(OS(=O)(=O)CCCC)c(OC)c2)ccc1CC(C)C(=O)O. The summed E-state index contributed by atoms with van der Waals surface area (Å²) < 4.78 is 40.9. The highest BCUT2D eigenvalue weighted by Crippen LogP contribution is 2.30. The highest BCUT2D eigenvalue weighted by atomic mass is 32.2. The summed E-state index contributed by atoms with van der Waals surface area (Å²) in [6.45, 7) is 6.35. The van der Waals surface area contributed by atoms with Crippen molar-refractivity contribution in [2.75, 3.05) is 19.5 Å². The summed E-state index contributed by atoms with van der Waals surface area (Å²) in [6, 6.07) is 11.4. The van der Waals surface area contributed by atoms with Gasteiger partial charge < -0.3 is 18.8 Å². The van der Waals surface area contributed by atoms with Crippen molar-refractivity contribution < 1.29 is 32.0 Å². The second-order valence-corrected chi connectivity index (χ2v) is 10.8. The van der Waals surface area contributed by atoms with Crippen molar-refractivity contribution in [3.8, 4) is 17.2 Å². The van der Waals surface area contributed by atoms with Crippen LogP contribution in [0.1, 0.15) is 69.6 Å². The minimum atomic E-state index is -3.65. The molecule has 0 radical (unpaired) electrons. The van der Waals surface area contributed by atoms with E-state index in [-0.39, 0.29) is 11.5 Å². The lowest BCUT2D eigenvalue weighted by molar-refractivity contribution is -0.141. The van der Waals surface area contributed by atoms with E-state index >= 15 is 0 Å². The molecule has 1 N–H and O–H groups in total. The van der Waals surface area contributed by atoms with Gasteiger partial charge in [-0.15, -0.1) is 0 Å². The molecule has 1 atom stereocenters. The van der Waals surface area contributed by atoms with Crippen LogP contribution in [0.25, 0.3) is 0 Å². The molecule has 0 bridgehead atoms. The minimum Gasteiger partial charge on any atom is -0.493 e. The number of carboxylic acid groups (broad SMARTS) is 1. The number of ether oxygens (including phenoxy) is 2. The molecule has 0 amide bonds. The Morgan fingerprint density at radius 2 is 1.56 bits per heavy atom. The van der Waals surface area contributed by atoms with Gasteiger partial charge in [0.1, 0.15) is 5.75 Å². The Bertz CT molecular complexity index is 1080. The number of carbonyl (C=O) groups is 1. The fraction of sp³-hybridized carbons (Fsp3) is 0.536. The van der Waals surface area contributed by atoms with Crippen LogP contribution in [0.3, 0.4) is 0 Å². The maximum absolute atomic E-state index is 12.2. The van der Waals surface area contributed by atoms with Crippen LogP contribution < -0.4 is 13.7 Å². The van der Waals surface area contributed by atoms with Gasteiger partial charge in [0.15, 0.2) is 11.5 Å². The Morgan fingerprint density at radius 3 is 2.17 bits per heavy atom. The lowest BCUT2D eigenvalue weighted by Crippen LogP contribution is -2.14.